The van der Waals surface area contributed by atoms with E-state index in [4.69, 9.17) is 14.3 Å². The van der Waals surface area contributed by atoms with Gasteiger partial charge in [-0.15, -0.1) is 0 Å². The van der Waals surface area contributed by atoms with Crippen LogP contribution in [0.1, 0.15) is 6.92 Å². The Bertz CT molecular complexity index is 253. The van der Waals surface area contributed by atoms with Gasteiger partial charge in [-0.2, -0.15) is 0 Å². The third-order valence-electron chi connectivity index (χ3n) is 0.917. The van der Waals surface area contributed by atoms with Crippen LogP contribution in [-0.2, 0) is 13.7 Å². The van der Waals surface area contributed by atoms with Crippen molar-refractivity contribution in [3.8, 4) is 0 Å². The molecule has 7 heteroatoms. The Balaban J connectivity index is 4.34. The van der Waals surface area contributed by atoms with Crippen molar-refractivity contribution in [3.05, 3.63) is 11.6 Å². The molecule has 0 aliphatic heterocycles. The van der Waals surface area contributed by atoms with Gasteiger partial charge in [0.25, 0.3) is 0 Å². The molecule has 0 saturated carbocycles. The summed E-state index contributed by atoms with van der Waals surface area (Å²) >= 11 is 0. The van der Waals surface area contributed by atoms with Crippen LogP contribution in [-0.4, -0.2) is 23.1 Å². The van der Waals surface area contributed by atoms with Gasteiger partial charge in [-0.1, -0.05) is 0 Å². The van der Waals surface area contributed by atoms with Crippen molar-refractivity contribution in [2.75, 3.05) is 13.3 Å². The zero-order chi connectivity index (χ0) is 9.83. The average Bonchev–Trinajstić information content (AvgIpc) is 1.83. The lowest BCUT2D eigenvalue weighted by atomic mass is 10.9. The molecule has 12 heavy (non-hydrogen) atoms. The van der Waals surface area contributed by atoms with Gasteiger partial charge in [0.05, 0.1) is 6.61 Å². The summed E-state index contributed by atoms with van der Waals surface area (Å²) in [6.07, 6.45) is 0. The SMILES string of the molecule is CCOP(C)(=O)C=CP(=O)(O)O. The second-order valence-corrected chi connectivity index (χ2v) is 6.06. The molecule has 2 N–H and O–H groups in total. The fourth-order valence-corrected chi connectivity index (χ4v) is 2.77. The van der Waals surface area contributed by atoms with Crippen molar-refractivity contribution < 1.29 is 23.4 Å². The Hall–Kier alpha value is 0.0800. The Morgan fingerprint density at radius 1 is 1.33 bits per heavy atom. The molecule has 0 saturated heterocycles. The van der Waals surface area contributed by atoms with Gasteiger partial charge in [0.2, 0.25) is 7.37 Å². The quantitative estimate of drug-likeness (QED) is 0.694. The second-order valence-electron chi connectivity index (χ2n) is 2.21. The first-order chi connectivity index (χ1) is 5.27. The summed E-state index contributed by atoms with van der Waals surface area (Å²) < 4.78 is 26.3. The van der Waals surface area contributed by atoms with E-state index in [-0.39, 0.29) is 6.61 Å². The monoisotopic (exact) mass is 214 g/mol. The van der Waals surface area contributed by atoms with Crippen LogP contribution in [0.5, 0.6) is 0 Å². The first kappa shape index (κ1) is 12.1. The van der Waals surface area contributed by atoms with Crippen LogP contribution in [0.25, 0.3) is 0 Å². The predicted molar refractivity (Wildman–Crippen MR) is 46.3 cm³/mol. The molecule has 0 aliphatic carbocycles. The highest BCUT2D eigenvalue weighted by Gasteiger charge is 2.13. The van der Waals surface area contributed by atoms with Crippen LogP contribution in [0.3, 0.4) is 0 Å². The van der Waals surface area contributed by atoms with E-state index in [1.807, 2.05) is 0 Å². The van der Waals surface area contributed by atoms with Crippen LogP contribution in [0.2, 0.25) is 0 Å². The van der Waals surface area contributed by atoms with Gasteiger partial charge in [-0.05, 0) is 6.92 Å². The normalized spacial score (nSPS) is 18.0. The molecule has 0 fully saturated rings. The highest BCUT2D eigenvalue weighted by Crippen LogP contribution is 2.48. The maximum Gasteiger partial charge on any atom is 0.349 e. The Morgan fingerprint density at radius 2 is 1.83 bits per heavy atom. The van der Waals surface area contributed by atoms with Crippen molar-refractivity contribution in [1.29, 1.82) is 0 Å². The highest BCUT2D eigenvalue weighted by molar-refractivity contribution is 7.63. The fraction of sp³-hybridized carbons (Fsp3) is 0.600. The lowest BCUT2D eigenvalue weighted by molar-refractivity contribution is 0.343. The van der Waals surface area contributed by atoms with E-state index in [2.05, 4.69) is 0 Å². The molecule has 0 aliphatic rings. The molecule has 0 bridgehead atoms. The van der Waals surface area contributed by atoms with Crippen LogP contribution < -0.4 is 0 Å². The molecule has 0 aromatic heterocycles. The Kier molecular flexibility index (Phi) is 4.38. The van der Waals surface area contributed by atoms with E-state index in [0.29, 0.717) is 5.82 Å². The molecule has 0 aromatic carbocycles. The summed E-state index contributed by atoms with van der Waals surface area (Å²) in [4.78, 5) is 16.8. The maximum atomic E-state index is 11.2. The molecule has 0 heterocycles. The van der Waals surface area contributed by atoms with Crippen molar-refractivity contribution in [3.63, 3.8) is 0 Å². The molecular formula is C5H12O5P2. The third-order valence-corrected chi connectivity index (χ3v) is 3.15. The van der Waals surface area contributed by atoms with Crippen molar-refractivity contribution >= 4 is 15.0 Å². The van der Waals surface area contributed by atoms with Crippen LogP contribution in [0.15, 0.2) is 11.6 Å². The molecular weight excluding hydrogens is 202 g/mol. The van der Waals surface area contributed by atoms with Gasteiger partial charge < -0.3 is 14.3 Å². The zero-order valence-corrected chi connectivity index (χ0v) is 8.66. The molecule has 72 valence electrons. The summed E-state index contributed by atoms with van der Waals surface area (Å²) in [7, 11) is -7.18. The van der Waals surface area contributed by atoms with Crippen LogP contribution >= 0.6 is 15.0 Å². The van der Waals surface area contributed by atoms with Gasteiger partial charge in [-0.25, -0.2) is 0 Å². The molecule has 1 atom stereocenters. The predicted octanol–water partition coefficient (Wildman–Crippen LogP) is 1.58. The van der Waals surface area contributed by atoms with Crippen LogP contribution in [0.4, 0.5) is 0 Å². The number of hydrogen-bond acceptors (Lipinski definition) is 3. The van der Waals surface area contributed by atoms with Gasteiger partial charge in [0.15, 0.2) is 0 Å². The summed E-state index contributed by atoms with van der Waals surface area (Å²) in [5.41, 5.74) is 0. The van der Waals surface area contributed by atoms with Gasteiger partial charge in [0.1, 0.15) is 0 Å². The van der Waals surface area contributed by atoms with Crippen molar-refractivity contribution in [1.82, 2.24) is 0 Å². The number of hydrogen-bond donors (Lipinski definition) is 2. The molecule has 0 rings (SSSR count). The zero-order valence-electron chi connectivity index (χ0n) is 6.88. The minimum atomic E-state index is -4.22. The highest BCUT2D eigenvalue weighted by atomic mass is 31.2. The summed E-state index contributed by atoms with van der Waals surface area (Å²) in [5, 5.41) is 0. The Labute approximate surface area is 71.1 Å². The minimum Gasteiger partial charge on any atom is -0.326 e. The summed E-state index contributed by atoms with van der Waals surface area (Å²) in [6.45, 7) is 3.20. The van der Waals surface area contributed by atoms with E-state index in [1.54, 1.807) is 6.92 Å². The molecule has 0 spiro atoms. The first-order valence-electron chi connectivity index (χ1n) is 3.24. The van der Waals surface area contributed by atoms with Crippen molar-refractivity contribution in [2.24, 2.45) is 0 Å². The third kappa shape index (κ3) is 6.77. The largest absolute Gasteiger partial charge is 0.349 e. The molecule has 0 radical (unpaired) electrons. The van der Waals surface area contributed by atoms with E-state index in [9.17, 15) is 9.13 Å². The van der Waals surface area contributed by atoms with Crippen molar-refractivity contribution in [2.45, 2.75) is 6.92 Å². The van der Waals surface area contributed by atoms with Gasteiger partial charge >= 0.3 is 7.60 Å². The topological polar surface area (TPSA) is 83.8 Å². The van der Waals surface area contributed by atoms with E-state index in [0.717, 1.165) is 5.82 Å². The maximum absolute atomic E-state index is 11.2. The van der Waals surface area contributed by atoms with E-state index < -0.39 is 15.0 Å². The lowest BCUT2D eigenvalue weighted by Crippen LogP contribution is -1.83. The number of rotatable bonds is 4. The minimum absolute atomic E-state index is 0.249. The lowest BCUT2D eigenvalue weighted by Gasteiger charge is -2.06. The molecule has 5 nitrogen and oxygen atoms in total. The molecule has 0 amide bonds. The second kappa shape index (κ2) is 4.35. The van der Waals surface area contributed by atoms with E-state index >= 15 is 0 Å². The summed E-state index contributed by atoms with van der Waals surface area (Å²) in [6, 6.07) is 0. The van der Waals surface area contributed by atoms with Gasteiger partial charge in [0, 0.05) is 18.3 Å². The Morgan fingerprint density at radius 3 is 2.17 bits per heavy atom. The first-order valence-corrected chi connectivity index (χ1v) is 7.06. The van der Waals surface area contributed by atoms with Gasteiger partial charge in [-0.3, -0.25) is 9.13 Å². The standard InChI is InChI=1S/C5H12O5P2/c1-3-10-11(2,6)4-5-12(7,8)9/h4-5H,3H2,1-2H3,(H2,7,8,9). The average molecular weight is 214 g/mol. The van der Waals surface area contributed by atoms with Crippen LogP contribution in [0, 0.1) is 0 Å². The smallest absolute Gasteiger partial charge is 0.326 e. The molecule has 0 aromatic rings. The summed E-state index contributed by atoms with van der Waals surface area (Å²) in [5.74, 6) is 1.53. The fourth-order valence-electron chi connectivity index (χ4n) is 0.507. The van der Waals surface area contributed by atoms with E-state index in [1.165, 1.54) is 6.66 Å². The molecule has 1 unspecified atom stereocenters.